The average Bonchev–Trinajstić information content (AvgIpc) is 2.32. The summed E-state index contributed by atoms with van der Waals surface area (Å²) in [6, 6.07) is 10.7. The number of benzene rings is 1. The van der Waals surface area contributed by atoms with Crippen molar-refractivity contribution in [3.05, 3.63) is 42.3 Å². The molecule has 2 rings (SSSR count). The Morgan fingerprint density at radius 2 is 1.87 bits per heavy atom. The largest absolute Gasteiger partial charge is 0.317 e. The summed E-state index contributed by atoms with van der Waals surface area (Å²) in [7, 11) is 0. The number of hydrogen-bond donors (Lipinski definition) is 1. The summed E-state index contributed by atoms with van der Waals surface area (Å²) in [4.78, 5) is 0. The first-order chi connectivity index (χ1) is 7.45. The Balaban J connectivity index is 1.66. The van der Waals surface area contributed by atoms with E-state index in [4.69, 9.17) is 0 Å². The number of rotatable bonds is 4. The molecule has 1 N–H and O–H groups in total. The van der Waals surface area contributed by atoms with E-state index in [1.807, 2.05) is 0 Å². The van der Waals surface area contributed by atoms with Crippen LogP contribution in [0.1, 0.15) is 24.8 Å². The highest BCUT2D eigenvalue weighted by Gasteiger charge is 2.11. The van der Waals surface area contributed by atoms with Crippen molar-refractivity contribution < 1.29 is 0 Å². The first-order valence-electron chi connectivity index (χ1n) is 6.01. The Labute approximate surface area is 92.9 Å². The second-order valence-electron chi connectivity index (χ2n) is 4.41. The summed E-state index contributed by atoms with van der Waals surface area (Å²) in [6.07, 6.45) is 7.57. The van der Waals surface area contributed by atoms with Gasteiger partial charge in [-0.1, -0.05) is 30.3 Å². The quantitative estimate of drug-likeness (QED) is 0.791. The van der Waals surface area contributed by atoms with Crippen molar-refractivity contribution >= 4 is 0 Å². The minimum absolute atomic E-state index is 0.926. The van der Waals surface area contributed by atoms with Gasteiger partial charge in [0.15, 0.2) is 0 Å². The van der Waals surface area contributed by atoms with Crippen LogP contribution >= 0.6 is 0 Å². The number of hydrogen-bond acceptors (Lipinski definition) is 1. The van der Waals surface area contributed by atoms with Gasteiger partial charge in [0.2, 0.25) is 0 Å². The maximum Gasteiger partial charge on any atom is -0.00463 e. The van der Waals surface area contributed by atoms with Gasteiger partial charge in [0.05, 0.1) is 0 Å². The molecule has 1 saturated heterocycles. The Hall–Kier alpha value is -0.820. The van der Waals surface area contributed by atoms with E-state index in [9.17, 15) is 0 Å². The summed E-state index contributed by atoms with van der Waals surface area (Å²) in [5.74, 6) is 0.926. The van der Waals surface area contributed by atoms with Gasteiger partial charge in [0.25, 0.3) is 0 Å². The van der Waals surface area contributed by atoms with Gasteiger partial charge >= 0.3 is 0 Å². The average molecular weight is 202 g/mol. The minimum atomic E-state index is 0.926. The van der Waals surface area contributed by atoms with Crippen LogP contribution in [-0.4, -0.2) is 13.1 Å². The van der Waals surface area contributed by atoms with Crippen LogP contribution in [-0.2, 0) is 6.42 Å². The van der Waals surface area contributed by atoms with Gasteiger partial charge in [-0.15, -0.1) is 0 Å². The van der Waals surface area contributed by atoms with E-state index in [-0.39, 0.29) is 0 Å². The van der Waals surface area contributed by atoms with Crippen molar-refractivity contribution in [1.82, 2.24) is 5.32 Å². The normalized spacial score (nSPS) is 17.9. The van der Waals surface area contributed by atoms with Crippen LogP contribution < -0.4 is 5.32 Å². The maximum atomic E-state index is 3.41. The molecular weight excluding hydrogens is 182 g/mol. The second-order valence-corrected chi connectivity index (χ2v) is 4.41. The number of nitrogens with one attached hydrogen (secondary N) is 1. The molecule has 0 spiro atoms. The molecule has 1 heteroatoms. The van der Waals surface area contributed by atoms with Gasteiger partial charge in [-0.2, -0.15) is 0 Å². The third-order valence-corrected chi connectivity index (χ3v) is 3.18. The van der Waals surface area contributed by atoms with E-state index in [1.54, 1.807) is 0 Å². The van der Waals surface area contributed by atoms with Crippen molar-refractivity contribution in [2.24, 2.45) is 5.92 Å². The van der Waals surface area contributed by atoms with Crippen LogP contribution in [0.2, 0.25) is 0 Å². The lowest BCUT2D eigenvalue weighted by Gasteiger charge is -2.22. The van der Waals surface area contributed by atoms with Crippen LogP contribution in [0.25, 0.3) is 0 Å². The van der Waals surface area contributed by atoms with Crippen molar-refractivity contribution in [1.29, 1.82) is 0 Å². The summed E-state index contributed by atoms with van der Waals surface area (Å²) >= 11 is 0. The Morgan fingerprint density at radius 1 is 1.13 bits per heavy atom. The van der Waals surface area contributed by atoms with E-state index in [0.29, 0.717) is 0 Å². The lowest BCUT2D eigenvalue weighted by atomic mass is 9.92. The third kappa shape index (κ3) is 3.67. The van der Waals surface area contributed by atoms with Gasteiger partial charge in [-0.05, 0) is 56.7 Å². The highest BCUT2D eigenvalue weighted by atomic mass is 14.9. The third-order valence-electron chi connectivity index (χ3n) is 3.18. The zero-order valence-corrected chi connectivity index (χ0v) is 9.28. The van der Waals surface area contributed by atoms with Crippen LogP contribution in [0.15, 0.2) is 30.3 Å². The lowest BCUT2D eigenvalue weighted by molar-refractivity contribution is 0.368. The standard InChI is InChI=1S/C14H20N/c1-2-5-13(6-3-1)7-4-8-14-9-11-15-12-10-14/h1-6,14-15H,7-12H2. The molecule has 0 aliphatic carbocycles. The van der Waals surface area contributed by atoms with Gasteiger partial charge in [0.1, 0.15) is 0 Å². The smallest absolute Gasteiger partial charge is 0.00463 e. The molecule has 1 fully saturated rings. The fourth-order valence-electron chi connectivity index (χ4n) is 2.22. The lowest BCUT2D eigenvalue weighted by Crippen LogP contribution is -2.27. The molecule has 0 aromatic heterocycles. The highest BCUT2D eigenvalue weighted by Crippen LogP contribution is 2.18. The molecule has 1 nitrogen and oxygen atoms in total. The fraction of sp³-hybridized carbons (Fsp3) is 0.500. The zero-order valence-electron chi connectivity index (χ0n) is 9.28. The monoisotopic (exact) mass is 202 g/mol. The molecular formula is C14H20N. The molecule has 0 atom stereocenters. The molecule has 1 aromatic carbocycles. The molecule has 1 radical (unpaired) electrons. The van der Waals surface area contributed by atoms with Crippen molar-refractivity contribution in [2.45, 2.75) is 25.7 Å². The number of piperidine rings is 1. The molecule has 0 unspecified atom stereocenters. The Bertz CT molecular complexity index is 262. The molecule has 1 aliphatic heterocycles. The van der Waals surface area contributed by atoms with Crippen molar-refractivity contribution in [3.8, 4) is 0 Å². The van der Waals surface area contributed by atoms with E-state index in [1.165, 1.54) is 37.9 Å². The summed E-state index contributed by atoms with van der Waals surface area (Å²) in [5.41, 5.74) is 1.44. The first kappa shape index (κ1) is 10.7. The van der Waals surface area contributed by atoms with Crippen LogP contribution in [0.4, 0.5) is 0 Å². The molecule has 1 heterocycles. The molecule has 0 amide bonds. The summed E-state index contributed by atoms with van der Waals surface area (Å²) in [5, 5.41) is 3.41. The van der Waals surface area contributed by atoms with Gasteiger partial charge in [-0.3, -0.25) is 0 Å². The van der Waals surface area contributed by atoms with Crippen molar-refractivity contribution in [2.75, 3.05) is 13.1 Å². The van der Waals surface area contributed by atoms with E-state index < -0.39 is 0 Å². The molecule has 1 aliphatic rings. The fourth-order valence-corrected chi connectivity index (χ4v) is 2.22. The zero-order chi connectivity index (χ0) is 10.3. The van der Waals surface area contributed by atoms with E-state index in [0.717, 1.165) is 12.3 Å². The highest BCUT2D eigenvalue weighted by molar-refractivity contribution is 5.16. The molecule has 1 aromatic rings. The Kier molecular flexibility index (Phi) is 4.22. The van der Waals surface area contributed by atoms with Crippen LogP contribution in [0.5, 0.6) is 0 Å². The molecule has 81 valence electrons. The topological polar surface area (TPSA) is 12.0 Å². The van der Waals surface area contributed by atoms with E-state index >= 15 is 0 Å². The summed E-state index contributed by atoms with van der Waals surface area (Å²) in [6.45, 7) is 2.42. The Morgan fingerprint density at radius 3 is 2.60 bits per heavy atom. The predicted octanol–water partition coefficient (Wildman–Crippen LogP) is 2.82. The second kappa shape index (κ2) is 5.92. The maximum absolute atomic E-state index is 3.41. The molecule has 15 heavy (non-hydrogen) atoms. The van der Waals surface area contributed by atoms with Gasteiger partial charge in [-0.25, -0.2) is 0 Å². The predicted molar refractivity (Wildman–Crippen MR) is 64.7 cm³/mol. The van der Waals surface area contributed by atoms with Crippen LogP contribution in [0.3, 0.4) is 0 Å². The first-order valence-corrected chi connectivity index (χ1v) is 6.01. The SMILES string of the molecule is [CH](Cc1ccccc1)CC1CCNCC1. The minimum Gasteiger partial charge on any atom is -0.317 e. The summed E-state index contributed by atoms with van der Waals surface area (Å²) < 4.78 is 0. The molecule has 0 bridgehead atoms. The van der Waals surface area contributed by atoms with Gasteiger partial charge < -0.3 is 5.32 Å². The molecule has 0 saturated carbocycles. The van der Waals surface area contributed by atoms with Crippen molar-refractivity contribution in [3.63, 3.8) is 0 Å². The van der Waals surface area contributed by atoms with Gasteiger partial charge in [0, 0.05) is 0 Å². The van der Waals surface area contributed by atoms with Crippen LogP contribution in [0, 0.1) is 12.3 Å². The van der Waals surface area contributed by atoms with E-state index in [2.05, 4.69) is 42.1 Å².